The third-order valence-corrected chi connectivity index (χ3v) is 5.13. The molecule has 3 aromatic rings. The lowest BCUT2D eigenvalue weighted by Gasteiger charge is -2.17. The number of nitrogens with zero attached hydrogens (tertiary/aromatic N) is 3. The minimum Gasteiger partial charge on any atom is -0.495 e. The van der Waals surface area contributed by atoms with Gasteiger partial charge in [-0.15, -0.1) is 0 Å². The van der Waals surface area contributed by atoms with E-state index < -0.39 is 5.82 Å². The summed E-state index contributed by atoms with van der Waals surface area (Å²) in [6, 6.07) is 9.34. The van der Waals surface area contributed by atoms with Crippen LogP contribution in [0.4, 0.5) is 10.1 Å². The third-order valence-electron chi connectivity index (χ3n) is 4.54. The van der Waals surface area contributed by atoms with E-state index in [9.17, 15) is 9.18 Å². The number of halogens is 3. The molecule has 0 spiro atoms. The Kier molecular flexibility index (Phi) is 4.95. The van der Waals surface area contributed by atoms with Crippen LogP contribution in [0.5, 0.6) is 5.75 Å². The maximum Gasteiger partial charge on any atom is 0.232 e. The van der Waals surface area contributed by atoms with Gasteiger partial charge in [0, 0.05) is 24.2 Å². The molecule has 9 heteroatoms. The number of anilines is 1. The van der Waals surface area contributed by atoms with Crippen molar-refractivity contribution in [3.05, 3.63) is 58.2 Å². The average molecular weight is 422 g/mol. The van der Waals surface area contributed by atoms with Crippen LogP contribution >= 0.6 is 23.2 Å². The Bertz CT molecular complexity index is 1060. The Balaban J connectivity index is 1.55. The number of hydrogen-bond acceptors (Lipinski definition) is 5. The molecule has 28 heavy (non-hydrogen) atoms. The molecule has 1 aromatic heterocycles. The molecule has 1 saturated heterocycles. The predicted octanol–water partition coefficient (Wildman–Crippen LogP) is 4.71. The molecule has 1 aliphatic heterocycles. The fraction of sp³-hybridized carbons (Fsp3) is 0.211. The lowest BCUT2D eigenvalue weighted by Crippen LogP contribution is -2.24. The molecule has 0 radical (unpaired) electrons. The second-order valence-corrected chi connectivity index (χ2v) is 7.12. The van der Waals surface area contributed by atoms with Gasteiger partial charge in [-0.3, -0.25) is 4.79 Å². The third kappa shape index (κ3) is 3.43. The second kappa shape index (κ2) is 7.41. The Morgan fingerprint density at radius 1 is 1.21 bits per heavy atom. The standard InChI is InChI=1S/C19H14Cl2FN3O3/c1-27-16-5-3-12(8-14(16)21)25-9-11(7-17(25)26)19-23-18(24-28-19)10-2-4-15(22)13(20)6-10/h2-6,8,11H,7,9H2,1H3. The second-order valence-electron chi connectivity index (χ2n) is 6.31. The molecule has 2 aromatic carbocycles. The van der Waals surface area contributed by atoms with Gasteiger partial charge in [0.05, 0.1) is 23.1 Å². The van der Waals surface area contributed by atoms with Crippen molar-refractivity contribution in [3.63, 3.8) is 0 Å². The van der Waals surface area contributed by atoms with Crippen molar-refractivity contribution < 1.29 is 18.4 Å². The van der Waals surface area contributed by atoms with E-state index in [-0.39, 0.29) is 29.1 Å². The van der Waals surface area contributed by atoms with Gasteiger partial charge in [-0.25, -0.2) is 4.39 Å². The van der Waals surface area contributed by atoms with E-state index in [1.165, 1.54) is 25.3 Å². The molecule has 0 N–H and O–H groups in total. The molecular weight excluding hydrogens is 408 g/mol. The average Bonchev–Trinajstić information content (AvgIpc) is 3.31. The first-order chi connectivity index (χ1) is 13.5. The van der Waals surface area contributed by atoms with Crippen molar-refractivity contribution >= 4 is 34.8 Å². The minimum atomic E-state index is -0.524. The van der Waals surface area contributed by atoms with Crippen LogP contribution in [0.15, 0.2) is 40.9 Å². The monoisotopic (exact) mass is 421 g/mol. The molecule has 4 rings (SSSR count). The molecule has 144 valence electrons. The summed E-state index contributed by atoms with van der Waals surface area (Å²) in [5, 5.41) is 4.32. The first-order valence-electron chi connectivity index (χ1n) is 8.39. The number of rotatable bonds is 4. The van der Waals surface area contributed by atoms with E-state index in [2.05, 4.69) is 10.1 Å². The zero-order valence-corrected chi connectivity index (χ0v) is 16.2. The van der Waals surface area contributed by atoms with Crippen LogP contribution in [0.25, 0.3) is 11.4 Å². The van der Waals surface area contributed by atoms with Gasteiger partial charge in [-0.1, -0.05) is 28.4 Å². The van der Waals surface area contributed by atoms with Crippen molar-refractivity contribution in [2.75, 3.05) is 18.6 Å². The summed E-state index contributed by atoms with van der Waals surface area (Å²) in [7, 11) is 1.53. The van der Waals surface area contributed by atoms with Crippen molar-refractivity contribution in [3.8, 4) is 17.1 Å². The van der Waals surface area contributed by atoms with Crippen LogP contribution in [-0.2, 0) is 4.79 Å². The molecule has 1 fully saturated rings. The van der Waals surface area contributed by atoms with Crippen molar-refractivity contribution in [1.82, 2.24) is 10.1 Å². The summed E-state index contributed by atoms with van der Waals surface area (Å²) in [5.74, 6) is 0.306. The Hall–Kier alpha value is -2.64. The van der Waals surface area contributed by atoms with E-state index in [4.69, 9.17) is 32.5 Å². The van der Waals surface area contributed by atoms with Crippen LogP contribution in [0, 0.1) is 5.82 Å². The van der Waals surface area contributed by atoms with E-state index in [1.54, 1.807) is 23.1 Å². The molecule has 6 nitrogen and oxygen atoms in total. The number of hydrogen-bond donors (Lipinski definition) is 0. The van der Waals surface area contributed by atoms with Gasteiger partial charge in [0.15, 0.2) is 0 Å². The fourth-order valence-electron chi connectivity index (χ4n) is 3.10. The largest absolute Gasteiger partial charge is 0.495 e. The number of amides is 1. The number of ether oxygens (including phenoxy) is 1. The van der Waals surface area contributed by atoms with Gasteiger partial charge >= 0.3 is 0 Å². The highest BCUT2D eigenvalue weighted by molar-refractivity contribution is 6.32. The van der Waals surface area contributed by atoms with Gasteiger partial charge < -0.3 is 14.2 Å². The number of carbonyl (C=O) groups excluding carboxylic acids is 1. The SMILES string of the molecule is COc1ccc(N2CC(c3nc(-c4ccc(F)c(Cl)c4)no3)CC2=O)cc1Cl. The summed E-state index contributed by atoms with van der Waals surface area (Å²) >= 11 is 12.0. The number of benzene rings is 2. The van der Waals surface area contributed by atoms with Gasteiger partial charge in [-0.05, 0) is 36.4 Å². The molecule has 0 bridgehead atoms. The summed E-state index contributed by atoms with van der Waals surface area (Å²) in [4.78, 5) is 18.5. The molecule has 1 atom stereocenters. The lowest BCUT2D eigenvalue weighted by atomic mass is 10.1. The van der Waals surface area contributed by atoms with Crippen LogP contribution in [0.3, 0.4) is 0 Å². The highest BCUT2D eigenvalue weighted by atomic mass is 35.5. The zero-order valence-electron chi connectivity index (χ0n) is 14.7. The van der Waals surface area contributed by atoms with Crippen molar-refractivity contribution in [1.29, 1.82) is 0 Å². The molecule has 0 aliphatic carbocycles. The first-order valence-corrected chi connectivity index (χ1v) is 9.15. The fourth-order valence-corrected chi connectivity index (χ4v) is 3.53. The van der Waals surface area contributed by atoms with Crippen LogP contribution in [-0.4, -0.2) is 29.7 Å². The summed E-state index contributed by atoms with van der Waals surface area (Å²) in [5.41, 5.74) is 1.20. The number of aromatic nitrogens is 2. The Morgan fingerprint density at radius 2 is 2.04 bits per heavy atom. The maximum absolute atomic E-state index is 13.3. The minimum absolute atomic E-state index is 0.0255. The van der Waals surface area contributed by atoms with Crippen molar-refractivity contribution in [2.45, 2.75) is 12.3 Å². The van der Waals surface area contributed by atoms with Gasteiger partial charge in [0.1, 0.15) is 11.6 Å². The Labute approximate surface area is 169 Å². The highest BCUT2D eigenvalue weighted by Crippen LogP contribution is 2.35. The topological polar surface area (TPSA) is 68.5 Å². The molecule has 0 saturated carbocycles. The van der Waals surface area contributed by atoms with E-state index >= 15 is 0 Å². The summed E-state index contributed by atoms with van der Waals surface area (Å²) in [6.07, 6.45) is 0.232. The molecule has 2 heterocycles. The number of methoxy groups -OCH3 is 1. The molecule has 1 aliphatic rings. The summed E-state index contributed by atoms with van der Waals surface area (Å²) < 4.78 is 23.8. The molecule has 1 amide bonds. The normalized spacial score (nSPS) is 16.6. The van der Waals surface area contributed by atoms with Gasteiger partial charge in [0.25, 0.3) is 0 Å². The summed E-state index contributed by atoms with van der Waals surface area (Å²) in [6.45, 7) is 0.382. The first kappa shape index (κ1) is 18.7. The van der Waals surface area contributed by atoms with E-state index in [0.29, 0.717) is 34.5 Å². The van der Waals surface area contributed by atoms with Crippen LogP contribution < -0.4 is 9.64 Å². The quantitative estimate of drug-likeness (QED) is 0.609. The van der Waals surface area contributed by atoms with E-state index in [1.807, 2.05) is 0 Å². The van der Waals surface area contributed by atoms with Crippen LogP contribution in [0.2, 0.25) is 10.0 Å². The smallest absolute Gasteiger partial charge is 0.232 e. The zero-order chi connectivity index (χ0) is 19.8. The van der Waals surface area contributed by atoms with Crippen LogP contribution in [0.1, 0.15) is 18.2 Å². The van der Waals surface area contributed by atoms with Gasteiger partial charge in [-0.2, -0.15) is 4.98 Å². The van der Waals surface area contributed by atoms with Gasteiger partial charge in [0.2, 0.25) is 17.6 Å². The predicted molar refractivity (Wildman–Crippen MR) is 102 cm³/mol. The maximum atomic E-state index is 13.3. The number of carbonyl (C=O) groups is 1. The molecule has 1 unspecified atom stereocenters. The van der Waals surface area contributed by atoms with E-state index in [0.717, 1.165) is 0 Å². The molecular formula is C19H14Cl2FN3O3. The Morgan fingerprint density at radius 3 is 2.75 bits per heavy atom. The lowest BCUT2D eigenvalue weighted by molar-refractivity contribution is -0.117. The van der Waals surface area contributed by atoms with Crippen molar-refractivity contribution in [2.24, 2.45) is 0 Å². The highest BCUT2D eigenvalue weighted by Gasteiger charge is 2.35.